The van der Waals surface area contributed by atoms with Gasteiger partial charge in [0.05, 0.1) is 19.1 Å². The number of unbranched alkanes of at least 4 members (excludes halogenated alkanes) is 1. The highest BCUT2D eigenvalue weighted by Crippen LogP contribution is 2.28. The molecule has 0 saturated heterocycles. The number of nitrogens with one attached hydrogen (secondary N) is 1. The molecule has 11 heteroatoms. The molecule has 0 aliphatic rings. The molecule has 2 amide bonds. The summed E-state index contributed by atoms with van der Waals surface area (Å²) in [5.41, 5.74) is 1.03. The van der Waals surface area contributed by atoms with Crippen LogP contribution in [0.2, 0.25) is 10.0 Å². The van der Waals surface area contributed by atoms with E-state index < -0.39 is 16.1 Å². The second kappa shape index (κ2) is 15.2. The minimum absolute atomic E-state index is 0.0307. The molecule has 0 fully saturated rings. The Hall–Kier alpha value is -2.49. The van der Waals surface area contributed by atoms with E-state index in [1.54, 1.807) is 42.5 Å². The van der Waals surface area contributed by atoms with Gasteiger partial charge >= 0.3 is 0 Å². The van der Waals surface area contributed by atoms with Gasteiger partial charge in [0.15, 0.2) is 0 Å². The molecule has 210 valence electrons. The van der Waals surface area contributed by atoms with E-state index in [9.17, 15) is 18.0 Å². The summed E-state index contributed by atoms with van der Waals surface area (Å²) in [7, 11) is -2.06. The fraction of sp³-hybridized carbons (Fsp3) is 0.481. The number of amides is 2. The fourth-order valence-electron chi connectivity index (χ4n) is 4.03. The van der Waals surface area contributed by atoms with Crippen LogP contribution in [0.5, 0.6) is 5.75 Å². The van der Waals surface area contributed by atoms with Crippen molar-refractivity contribution in [2.45, 2.75) is 58.5 Å². The van der Waals surface area contributed by atoms with Gasteiger partial charge in [0.1, 0.15) is 11.8 Å². The monoisotopic (exact) mass is 585 g/mol. The van der Waals surface area contributed by atoms with Gasteiger partial charge in [0.2, 0.25) is 21.8 Å². The number of carbonyl (C=O) groups is 2. The lowest BCUT2D eigenvalue weighted by molar-refractivity contribution is -0.141. The van der Waals surface area contributed by atoms with Crippen molar-refractivity contribution in [1.82, 2.24) is 10.2 Å². The average molecular weight is 587 g/mol. The maximum atomic E-state index is 13.5. The maximum Gasteiger partial charge on any atom is 0.242 e. The predicted octanol–water partition coefficient (Wildman–Crippen LogP) is 5.27. The standard InChI is InChI=1S/C27H37Cl2N3O5S/c1-5-7-17-30-27(34)25(6-2)31(19-22-23(28)10-8-11-24(22)29)26(33)12-9-18-32(38(4,35)36)20-13-15-21(37-3)16-14-20/h8,10-11,13-16,25H,5-7,9,12,17-19H2,1-4H3,(H,30,34)/t25-/m0/s1. The van der Waals surface area contributed by atoms with Crippen LogP contribution in [0.3, 0.4) is 0 Å². The normalized spacial score (nSPS) is 12.1. The van der Waals surface area contributed by atoms with Crippen molar-refractivity contribution >= 4 is 50.7 Å². The summed E-state index contributed by atoms with van der Waals surface area (Å²) in [5, 5.41) is 3.72. The molecule has 0 radical (unpaired) electrons. The molecule has 0 spiro atoms. The van der Waals surface area contributed by atoms with Crippen LogP contribution in [0.25, 0.3) is 0 Å². The van der Waals surface area contributed by atoms with Gasteiger partial charge in [-0.3, -0.25) is 13.9 Å². The van der Waals surface area contributed by atoms with E-state index in [0.29, 0.717) is 40.0 Å². The van der Waals surface area contributed by atoms with Gasteiger partial charge in [0.25, 0.3) is 0 Å². The van der Waals surface area contributed by atoms with E-state index in [0.717, 1.165) is 19.1 Å². The molecule has 0 unspecified atom stereocenters. The predicted molar refractivity (Wildman–Crippen MR) is 153 cm³/mol. The van der Waals surface area contributed by atoms with Crippen molar-refractivity contribution in [3.8, 4) is 5.75 Å². The molecule has 2 aromatic carbocycles. The third-order valence-corrected chi connectivity index (χ3v) is 8.02. The number of hydrogen-bond donors (Lipinski definition) is 1. The Labute approximate surface area is 236 Å². The maximum absolute atomic E-state index is 13.5. The molecule has 1 N–H and O–H groups in total. The zero-order valence-electron chi connectivity index (χ0n) is 22.4. The summed E-state index contributed by atoms with van der Waals surface area (Å²) in [6.45, 7) is 4.55. The smallest absolute Gasteiger partial charge is 0.242 e. The number of benzene rings is 2. The highest BCUT2D eigenvalue weighted by Gasteiger charge is 2.29. The third kappa shape index (κ3) is 9.06. The van der Waals surface area contributed by atoms with E-state index in [4.69, 9.17) is 27.9 Å². The molecule has 1 atom stereocenters. The lowest BCUT2D eigenvalue weighted by Crippen LogP contribution is -2.49. The van der Waals surface area contributed by atoms with Crippen molar-refractivity contribution < 1.29 is 22.7 Å². The Morgan fingerprint density at radius 3 is 2.18 bits per heavy atom. The summed E-state index contributed by atoms with van der Waals surface area (Å²) < 4.78 is 31.4. The fourth-order valence-corrected chi connectivity index (χ4v) is 5.51. The van der Waals surface area contributed by atoms with Crippen LogP contribution in [-0.4, -0.2) is 57.6 Å². The highest BCUT2D eigenvalue weighted by atomic mass is 35.5. The van der Waals surface area contributed by atoms with Crippen molar-refractivity contribution in [2.24, 2.45) is 0 Å². The van der Waals surface area contributed by atoms with Gasteiger partial charge in [-0.05, 0) is 55.7 Å². The van der Waals surface area contributed by atoms with Crippen LogP contribution in [0.15, 0.2) is 42.5 Å². The summed E-state index contributed by atoms with van der Waals surface area (Å²) in [6, 6.07) is 11.0. The zero-order valence-corrected chi connectivity index (χ0v) is 24.7. The topological polar surface area (TPSA) is 96.0 Å². The van der Waals surface area contributed by atoms with Crippen molar-refractivity contribution in [1.29, 1.82) is 0 Å². The third-order valence-electron chi connectivity index (χ3n) is 6.12. The zero-order chi connectivity index (χ0) is 28.3. The quantitative estimate of drug-likeness (QED) is 0.287. The van der Waals surface area contributed by atoms with Gasteiger partial charge in [-0.1, -0.05) is 49.5 Å². The van der Waals surface area contributed by atoms with Gasteiger partial charge in [-0.25, -0.2) is 8.42 Å². The lowest BCUT2D eigenvalue weighted by atomic mass is 10.1. The first kappa shape index (κ1) is 31.7. The molecule has 0 aliphatic heterocycles. The Bertz CT molecular complexity index is 1160. The van der Waals surface area contributed by atoms with Crippen LogP contribution in [-0.2, 0) is 26.2 Å². The summed E-state index contributed by atoms with van der Waals surface area (Å²) in [6.07, 6.45) is 3.56. The molecule has 2 aromatic rings. The first-order chi connectivity index (χ1) is 18.0. The SMILES string of the molecule is CCCCNC(=O)[C@H](CC)N(Cc1c(Cl)cccc1Cl)C(=O)CCCN(c1ccc(OC)cc1)S(C)(=O)=O. The number of carbonyl (C=O) groups excluding carboxylic acids is 2. The summed E-state index contributed by atoms with van der Waals surface area (Å²) in [5.74, 6) is 0.0733. The number of methoxy groups -OCH3 is 1. The number of ether oxygens (including phenoxy) is 1. The first-order valence-electron chi connectivity index (χ1n) is 12.6. The average Bonchev–Trinajstić information content (AvgIpc) is 2.87. The Kier molecular flexibility index (Phi) is 12.7. The number of halogens is 2. The number of sulfonamides is 1. The molecule has 0 aromatic heterocycles. The molecule has 38 heavy (non-hydrogen) atoms. The first-order valence-corrected chi connectivity index (χ1v) is 15.3. The Balaban J connectivity index is 2.24. The van der Waals surface area contributed by atoms with Gasteiger partial charge in [-0.2, -0.15) is 0 Å². The van der Waals surface area contributed by atoms with E-state index in [1.165, 1.54) is 16.3 Å². The van der Waals surface area contributed by atoms with Crippen molar-refractivity contribution in [2.75, 3.05) is 30.8 Å². The molecule has 0 saturated carbocycles. The van der Waals surface area contributed by atoms with Crippen molar-refractivity contribution in [3.05, 3.63) is 58.1 Å². The summed E-state index contributed by atoms with van der Waals surface area (Å²) in [4.78, 5) is 28.1. The molecule has 0 aliphatic carbocycles. The van der Waals surface area contributed by atoms with Crippen LogP contribution < -0.4 is 14.4 Å². The van der Waals surface area contributed by atoms with Crippen LogP contribution in [0.1, 0.15) is 51.5 Å². The molecule has 2 rings (SSSR count). The van der Waals surface area contributed by atoms with Crippen LogP contribution in [0, 0.1) is 0 Å². The number of hydrogen-bond acceptors (Lipinski definition) is 5. The minimum Gasteiger partial charge on any atom is -0.497 e. The number of anilines is 1. The van der Waals surface area contributed by atoms with E-state index >= 15 is 0 Å². The van der Waals surface area contributed by atoms with Gasteiger partial charge in [-0.15, -0.1) is 0 Å². The second-order valence-corrected chi connectivity index (χ2v) is 11.6. The number of nitrogens with zero attached hydrogens (tertiary/aromatic N) is 2. The van der Waals surface area contributed by atoms with Crippen LogP contribution in [0.4, 0.5) is 5.69 Å². The molecule has 0 heterocycles. The molecular formula is C27H37Cl2N3O5S. The van der Waals surface area contributed by atoms with Gasteiger partial charge < -0.3 is 15.0 Å². The molecular weight excluding hydrogens is 549 g/mol. The highest BCUT2D eigenvalue weighted by molar-refractivity contribution is 7.92. The largest absolute Gasteiger partial charge is 0.497 e. The number of rotatable bonds is 15. The lowest BCUT2D eigenvalue weighted by Gasteiger charge is -2.31. The second-order valence-electron chi connectivity index (χ2n) is 8.93. The molecule has 8 nitrogen and oxygen atoms in total. The van der Waals surface area contributed by atoms with E-state index in [1.807, 2.05) is 13.8 Å². The Morgan fingerprint density at radius 1 is 1.03 bits per heavy atom. The van der Waals surface area contributed by atoms with E-state index in [2.05, 4.69) is 5.32 Å². The Morgan fingerprint density at radius 2 is 1.66 bits per heavy atom. The van der Waals surface area contributed by atoms with Gasteiger partial charge in [0, 0.05) is 41.7 Å². The van der Waals surface area contributed by atoms with Crippen LogP contribution >= 0.6 is 23.2 Å². The van der Waals surface area contributed by atoms with E-state index in [-0.39, 0.29) is 37.7 Å². The minimum atomic E-state index is -3.59. The van der Waals surface area contributed by atoms with Crippen molar-refractivity contribution in [3.63, 3.8) is 0 Å². The molecule has 0 bridgehead atoms. The summed E-state index contributed by atoms with van der Waals surface area (Å²) >= 11 is 12.8.